The van der Waals surface area contributed by atoms with Gasteiger partial charge in [0, 0.05) is 106 Å². The normalized spacial score (nSPS) is 16.1. The van der Waals surface area contributed by atoms with Crippen LogP contribution in [0.5, 0.6) is 0 Å². The molecular formula is C73H111N11O12S3. The second-order valence-corrected chi connectivity index (χ2v) is 30.1. The van der Waals surface area contributed by atoms with Crippen LogP contribution in [0.4, 0.5) is 9.59 Å². The molecule has 13 N–H and O–H groups in total. The van der Waals surface area contributed by atoms with Crippen molar-refractivity contribution in [1.82, 2.24) is 58.5 Å². The van der Waals surface area contributed by atoms with Crippen LogP contribution in [0, 0.1) is 11.8 Å². The van der Waals surface area contributed by atoms with Crippen molar-refractivity contribution in [3.63, 3.8) is 0 Å². The molecule has 3 aromatic carbocycles. The molecule has 0 bridgehead atoms. The summed E-state index contributed by atoms with van der Waals surface area (Å²) in [4.78, 5) is 128. The van der Waals surface area contributed by atoms with Crippen LogP contribution in [0.2, 0.25) is 0 Å². The largest absolute Gasteiger partial charge is 0.465 e. The summed E-state index contributed by atoms with van der Waals surface area (Å²) in [6.45, 7) is 6.98. The number of carboxylic acid groups (broad SMARTS) is 1. The Labute approximate surface area is 598 Å². The minimum Gasteiger partial charge on any atom is -0.465 e. The summed E-state index contributed by atoms with van der Waals surface area (Å²) in [5.41, 5.74) is 2.46. The van der Waals surface area contributed by atoms with Crippen molar-refractivity contribution in [2.24, 2.45) is 11.8 Å². The second kappa shape index (κ2) is 49.5. The van der Waals surface area contributed by atoms with Gasteiger partial charge >= 0.3 is 12.1 Å². The molecule has 3 aromatic rings. The molecule has 3 unspecified atom stereocenters. The lowest BCUT2D eigenvalue weighted by Crippen LogP contribution is -2.55. The minimum absolute atomic E-state index is 0.00736. The summed E-state index contributed by atoms with van der Waals surface area (Å²) in [6, 6.07) is 25.2. The van der Waals surface area contributed by atoms with E-state index in [1.165, 1.54) is 0 Å². The van der Waals surface area contributed by atoms with E-state index < -0.39 is 48.1 Å². The van der Waals surface area contributed by atoms with Crippen LogP contribution >= 0.6 is 33.3 Å². The Balaban J connectivity index is 0.835. The fraction of sp³-hybridized carbons (Fsp3) is 0.616. The number of carbonyl (C=O) groups is 10. The number of carbonyl (C=O) groups excluding carboxylic acids is 9. The zero-order valence-electron chi connectivity index (χ0n) is 58.1. The molecule has 2 aliphatic rings. The van der Waals surface area contributed by atoms with E-state index in [2.05, 4.69) is 58.5 Å². The Morgan fingerprint density at radius 3 is 1.43 bits per heavy atom. The molecular weight excluding hydrogens is 1320 g/mol. The molecule has 99 heavy (non-hydrogen) atoms. The number of unbranched alkanes of at least 4 members (excludes halogenated alkanes) is 9. The summed E-state index contributed by atoms with van der Waals surface area (Å²) >= 11 is 1.89. The number of rotatable bonds is 53. The van der Waals surface area contributed by atoms with Crippen LogP contribution in [0.15, 0.2) is 91.0 Å². The maximum Gasteiger partial charge on any atom is 0.404 e. The zero-order chi connectivity index (χ0) is 71.2. The van der Waals surface area contributed by atoms with E-state index in [9.17, 15) is 58.2 Å². The molecule has 5 rings (SSSR count). The van der Waals surface area contributed by atoms with E-state index in [-0.39, 0.29) is 91.6 Å². The van der Waals surface area contributed by atoms with E-state index in [0.717, 1.165) is 105 Å². The first-order valence-corrected chi connectivity index (χ1v) is 39.4. The van der Waals surface area contributed by atoms with Gasteiger partial charge in [0.05, 0.1) is 24.2 Å². The summed E-state index contributed by atoms with van der Waals surface area (Å²) in [7, 11) is 3.27. The van der Waals surface area contributed by atoms with Crippen molar-refractivity contribution in [3.8, 4) is 0 Å². The molecule has 2 saturated heterocycles. The molecule has 0 aliphatic carbocycles. The highest BCUT2D eigenvalue weighted by Gasteiger charge is 2.42. The van der Waals surface area contributed by atoms with Gasteiger partial charge in [-0.15, -0.1) is 0 Å². The topological polar surface area (TPSA) is 343 Å². The molecule has 0 saturated carbocycles. The van der Waals surface area contributed by atoms with Gasteiger partial charge in [0.2, 0.25) is 47.3 Å². The maximum absolute atomic E-state index is 14.4. The first-order chi connectivity index (χ1) is 47.9. The third-order valence-electron chi connectivity index (χ3n) is 17.3. The average molecular weight is 1430 g/mol. The summed E-state index contributed by atoms with van der Waals surface area (Å²) in [6.07, 6.45) is 12.3. The van der Waals surface area contributed by atoms with Crippen LogP contribution in [-0.4, -0.2) is 168 Å². The van der Waals surface area contributed by atoms with Crippen LogP contribution in [0.25, 0.3) is 0 Å². The average Bonchev–Trinajstić information content (AvgIpc) is 1.71. The Morgan fingerprint density at radius 1 is 0.475 bits per heavy atom. The van der Waals surface area contributed by atoms with Gasteiger partial charge in [0.25, 0.3) is 0 Å². The highest BCUT2D eigenvalue weighted by Crippen LogP contribution is 2.33. The quantitative estimate of drug-likeness (QED) is 0.0146. The van der Waals surface area contributed by atoms with E-state index in [0.29, 0.717) is 102 Å². The molecule has 0 spiro atoms. The standard InChI is InChI=1S/C73H111N11O12S3/c1-52(2)46-58(80-69(91)56(47-53-26-10-3-11-27-53)50-61(85)57(83-73(95)96)48-54-28-12-4-13-29-54)71(93)81-59(49-55-30-14-5-15-31-55)70(92)79-42-25-9-24-41-76-65(88)35-17-7-22-39-74-63(86)33-16-6-21-38-75-64(87)34-18-8-23-40-77-67(90)37-44-98-99-45-43-78-66(89)36-20-19-32-62-68-60(51-97-62)82-72(94)84-68/h3-5,10-15,26-31,52,56-62,68,83,85H,6-9,16-25,32-51H2,1-2H3,(H,74,86)(H,75,87)(H,76,88)(H,77,90)(H,78,89)(H,79,92)(H,80,91)(H,81,93)(H,95,96)(H2,82,84,94)/t56-,57+,58+,59+,60?,61-,62?,68?/m1/s1. The number of hydrogen-bond acceptors (Lipinski definition) is 14. The smallest absolute Gasteiger partial charge is 0.404 e. The summed E-state index contributed by atoms with van der Waals surface area (Å²) in [5, 5.41) is 53.8. The summed E-state index contributed by atoms with van der Waals surface area (Å²) in [5.74, 6) is 0.172. The van der Waals surface area contributed by atoms with Crippen molar-refractivity contribution >= 4 is 92.7 Å². The molecule has 2 heterocycles. The lowest BCUT2D eigenvalue weighted by atomic mass is 9.88. The Hall–Kier alpha value is -7.03. The third kappa shape index (κ3) is 36.8. The molecule has 2 aliphatic heterocycles. The Morgan fingerprint density at radius 2 is 0.919 bits per heavy atom. The highest BCUT2D eigenvalue weighted by molar-refractivity contribution is 8.76. The third-order valence-corrected chi connectivity index (χ3v) is 21.2. The van der Waals surface area contributed by atoms with Crippen LogP contribution in [0.1, 0.15) is 172 Å². The molecule has 548 valence electrons. The van der Waals surface area contributed by atoms with Crippen molar-refractivity contribution in [2.75, 3.05) is 56.5 Å². The number of amides is 11. The Kier molecular flexibility index (Phi) is 41.3. The van der Waals surface area contributed by atoms with E-state index in [4.69, 9.17) is 0 Å². The van der Waals surface area contributed by atoms with Crippen LogP contribution in [0.3, 0.4) is 0 Å². The van der Waals surface area contributed by atoms with Gasteiger partial charge in [-0.25, -0.2) is 9.59 Å². The predicted molar refractivity (Wildman–Crippen MR) is 394 cm³/mol. The number of benzene rings is 3. The van der Waals surface area contributed by atoms with Gasteiger partial charge in [-0.1, -0.05) is 152 Å². The number of fused-ring (bicyclic) bond motifs is 1. The highest BCUT2D eigenvalue weighted by atomic mass is 33.1. The molecule has 0 radical (unpaired) electrons. The van der Waals surface area contributed by atoms with Gasteiger partial charge in [-0.05, 0) is 119 Å². The number of aliphatic hydroxyl groups excluding tert-OH is 1. The fourth-order valence-corrected chi connectivity index (χ4v) is 15.3. The van der Waals surface area contributed by atoms with Gasteiger partial charge in [-0.3, -0.25) is 38.4 Å². The molecule has 0 aromatic heterocycles. The van der Waals surface area contributed by atoms with E-state index in [1.54, 1.807) is 21.6 Å². The predicted octanol–water partition coefficient (Wildman–Crippen LogP) is 7.78. The molecule has 2 fully saturated rings. The first kappa shape index (κ1) is 82.6. The molecule has 8 atom stereocenters. The SMILES string of the molecule is CC(C)C[C@H](NC(=O)[C@H](Cc1ccccc1)C[C@@H](O)[C@H](Cc1ccccc1)NC(=O)O)C(=O)N[C@@H](Cc1ccccc1)C(=O)NCCCCCNC(=O)CCCCCNC(=O)CCCCCNC(=O)CCCCCNC(=O)CCSSCCNC(=O)CCCCC1SCC2NC(=O)NC21. The monoisotopic (exact) mass is 1430 g/mol. The lowest BCUT2D eigenvalue weighted by molar-refractivity contribution is -0.134. The number of aliphatic hydroxyl groups is 1. The lowest BCUT2D eigenvalue weighted by Gasteiger charge is -2.29. The van der Waals surface area contributed by atoms with Gasteiger partial charge in [0.15, 0.2) is 0 Å². The Bertz CT molecular complexity index is 2890. The number of nitrogens with one attached hydrogen (secondary N) is 11. The van der Waals surface area contributed by atoms with Gasteiger partial charge in [-0.2, -0.15) is 11.8 Å². The second-order valence-electron chi connectivity index (χ2n) is 26.2. The van der Waals surface area contributed by atoms with E-state index in [1.807, 2.05) is 117 Å². The maximum atomic E-state index is 14.4. The van der Waals surface area contributed by atoms with Crippen LogP contribution in [-0.2, 0) is 57.6 Å². The molecule has 23 nitrogen and oxygen atoms in total. The van der Waals surface area contributed by atoms with E-state index >= 15 is 0 Å². The van der Waals surface area contributed by atoms with Crippen LogP contribution < -0.4 is 58.5 Å². The van der Waals surface area contributed by atoms with Gasteiger partial charge in [0.1, 0.15) is 12.1 Å². The molecule has 11 amide bonds. The molecule has 26 heteroatoms. The van der Waals surface area contributed by atoms with Crippen molar-refractivity contribution < 1.29 is 58.2 Å². The number of thioether (sulfide) groups is 1. The number of urea groups is 1. The van der Waals surface area contributed by atoms with Crippen molar-refractivity contribution in [3.05, 3.63) is 108 Å². The zero-order valence-corrected chi connectivity index (χ0v) is 60.5. The first-order valence-electron chi connectivity index (χ1n) is 35.9. The fourth-order valence-electron chi connectivity index (χ4n) is 11.9. The minimum atomic E-state index is -1.30. The number of hydrogen-bond donors (Lipinski definition) is 13. The van der Waals surface area contributed by atoms with Crippen molar-refractivity contribution in [1.29, 1.82) is 0 Å². The van der Waals surface area contributed by atoms with Gasteiger partial charge < -0.3 is 68.7 Å². The van der Waals surface area contributed by atoms with Crippen molar-refractivity contribution in [2.45, 2.75) is 216 Å². The summed E-state index contributed by atoms with van der Waals surface area (Å²) < 4.78 is 0.